The van der Waals surface area contributed by atoms with Gasteiger partial charge in [0.15, 0.2) is 0 Å². The molecule has 0 aliphatic heterocycles. The molecule has 2 aromatic rings. The highest BCUT2D eigenvalue weighted by Gasteiger charge is 2.13. The molecular formula is C12H12N4. The zero-order valence-corrected chi connectivity index (χ0v) is 9.28. The van der Waals surface area contributed by atoms with E-state index in [4.69, 9.17) is 0 Å². The highest BCUT2D eigenvalue weighted by atomic mass is 15.0. The summed E-state index contributed by atoms with van der Waals surface area (Å²) in [4.78, 5) is 8.67. The first-order chi connectivity index (χ1) is 7.81. The van der Waals surface area contributed by atoms with Crippen LogP contribution in [0.25, 0.3) is 11.0 Å². The molecule has 4 heteroatoms. The molecule has 0 aromatic carbocycles. The SMILES string of the molecule is CCc1c(NC)nc2cccnc2c1C#N. The minimum Gasteiger partial charge on any atom is -0.373 e. The quantitative estimate of drug-likeness (QED) is 0.828. The Morgan fingerprint density at radius 3 is 2.94 bits per heavy atom. The molecular weight excluding hydrogens is 200 g/mol. The van der Waals surface area contributed by atoms with Crippen molar-refractivity contribution in [2.24, 2.45) is 0 Å². The fraction of sp³-hybridized carbons (Fsp3) is 0.250. The summed E-state index contributed by atoms with van der Waals surface area (Å²) in [6.45, 7) is 2.01. The molecule has 0 bridgehead atoms. The second kappa shape index (κ2) is 4.15. The van der Waals surface area contributed by atoms with Gasteiger partial charge in [-0.15, -0.1) is 0 Å². The van der Waals surface area contributed by atoms with Crippen molar-refractivity contribution in [1.29, 1.82) is 5.26 Å². The molecule has 0 saturated carbocycles. The Bertz CT molecular complexity index is 569. The molecule has 0 aliphatic carbocycles. The minimum atomic E-state index is 0.623. The van der Waals surface area contributed by atoms with Gasteiger partial charge < -0.3 is 5.32 Å². The first-order valence-corrected chi connectivity index (χ1v) is 5.17. The van der Waals surface area contributed by atoms with Crippen LogP contribution in [-0.4, -0.2) is 17.0 Å². The van der Waals surface area contributed by atoms with Crippen molar-refractivity contribution < 1.29 is 0 Å². The van der Waals surface area contributed by atoms with Crippen molar-refractivity contribution in [3.8, 4) is 6.07 Å². The van der Waals surface area contributed by atoms with Crippen molar-refractivity contribution in [3.63, 3.8) is 0 Å². The number of hydrogen-bond donors (Lipinski definition) is 1. The van der Waals surface area contributed by atoms with Gasteiger partial charge in [-0.2, -0.15) is 5.26 Å². The molecule has 4 nitrogen and oxygen atoms in total. The van der Waals surface area contributed by atoms with E-state index in [2.05, 4.69) is 21.4 Å². The smallest absolute Gasteiger partial charge is 0.131 e. The van der Waals surface area contributed by atoms with E-state index in [1.807, 2.05) is 26.1 Å². The fourth-order valence-electron chi connectivity index (χ4n) is 1.80. The van der Waals surface area contributed by atoms with Crippen molar-refractivity contribution in [1.82, 2.24) is 9.97 Å². The molecule has 0 fully saturated rings. The van der Waals surface area contributed by atoms with Gasteiger partial charge in [0, 0.05) is 18.8 Å². The number of rotatable bonds is 2. The molecule has 0 radical (unpaired) electrons. The summed E-state index contributed by atoms with van der Waals surface area (Å²) in [5.74, 6) is 0.763. The molecule has 0 aliphatic rings. The van der Waals surface area contributed by atoms with E-state index in [-0.39, 0.29) is 0 Å². The third kappa shape index (κ3) is 1.47. The summed E-state index contributed by atoms with van der Waals surface area (Å²) in [5, 5.41) is 12.2. The van der Waals surface area contributed by atoms with Crippen molar-refractivity contribution in [3.05, 3.63) is 29.5 Å². The Morgan fingerprint density at radius 2 is 2.31 bits per heavy atom. The highest BCUT2D eigenvalue weighted by Crippen LogP contribution is 2.24. The molecule has 0 spiro atoms. The fourth-order valence-corrected chi connectivity index (χ4v) is 1.80. The van der Waals surface area contributed by atoms with Crippen molar-refractivity contribution in [2.45, 2.75) is 13.3 Å². The van der Waals surface area contributed by atoms with Crippen LogP contribution in [0.1, 0.15) is 18.1 Å². The number of anilines is 1. The van der Waals surface area contributed by atoms with Crippen LogP contribution >= 0.6 is 0 Å². The molecule has 80 valence electrons. The van der Waals surface area contributed by atoms with Gasteiger partial charge in [0.1, 0.15) is 17.4 Å². The van der Waals surface area contributed by atoms with E-state index in [0.29, 0.717) is 11.1 Å². The Labute approximate surface area is 94.0 Å². The van der Waals surface area contributed by atoms with Gasteiger partial charge in [-0.3, -0.25) is 4.98 Å². The number of nitrogens with zero attached hydrogens (tertiary/aromatic N) is 3. The Morgan fingerprint density at radius 1 is 1.50 bits per heavy atom. The lowest BCUT2D eigenvalue weighted by atomic mass is 10.1. The van der Waals surface area contributed by atoms with Crippen LogP contribution < -0.4 is 5.32 Å². The summed E-state index contributed by atoms with van der Waals surface area (Å²) >= 11 is 0. The van der Waals surface area contributed by atoms with Gasteiger partial charge in [0.05, 0.1) is 11.1 Å². The average molecular weight is 212 g/mol. The van der Waals surface area contributed by atoms with Crippen LogP contribution in [0.15, 0.2) is 18.3 Å². The normalized spacial score (nSPS) is 10.1. The van der Waals surface area contributed by atoms with E-state index in [0.717, 1.165) is 23.3 Å². The van der Waals surface area contributed by atoms with Crippen molar-refractivity contribution >= 4 is 16.9 Å². The summed E-state index contributed by atoms with van der Waals surface area (Å²) < 4.78 is 0. The molecule has 0 amide bonds. The lowest BCUT2D eigenvalue weighted by Gasteiger charge is -2.10. The van der Waals surface area contributed by atoms with Gasteiger partial charge in [-0.25, -0.2) is 4.98 Å². The van der Waals surface area contributed by atoms with Crippen LogP contribution in [0, 0.1) is 11.3 Å². The maximum absolute atomic E-state index is 9.22. The summed E-state index contributed by atoms with van der Waals surface area (Å²) in [6, 6.07) is 5.91. The molecule has 16 heavy (non-hydrogen) atoms. The minimum absolute atomic E-state index is 0.623. The third-order valence-electron chi connectivity index (χ3n) is 2.55. The number of hydrogen-bond acceptors (Lipinski definition) is 4. The topological polar surface area (TPSA) is 61.6 Å². The molecule has 2 aromatic heterocycles. The van der Waals surface area contributed by atoms with E-state index in [1.54, 1.807) is 6.20 Å². The van der Waals surface area contributed by atoms with Crippen LogP contribution in [0.5, 0.6) is 0 Å². The largest absolute Gasteiger partial charge is 0.373 e. The van der Waals surface area contributed by atoms with Crippen LogP contribution in [0.2, 0.25) is 0 Å². The molecule has 0 saturated heterocycles. The maximum atomic E-state index is 9.22. The average Bonchev–Trinajstić information content (AvgIpc) is 2.36. The Hall–Kier alpha value is -2.15. The second-order valence-corrected chi connectivity index (χ2v) is 3.40. The Kier molecular flexibility index (Phi) is 2.69. The lowest BCUT2D eigenvalue weighted by molar-refractivity contribution is 1.10. The number of pyridine rings is 2. The number of fused-ring (bicyclic) bond motifs is 1. The van der Waals surface area contributed by atoms with E-state index in [1.165, 1.54) is 0 Å². The van der Waals surface area contributed by atoms with Gasteiger partial charge in [-0.1, -0.05) is 6.92 Å². The van der Waals surface area contributed by atoms with Gasteiger partial charge >= 0.3 is 0 Å². The maximum Gasteiger partial charge on any atom is 0.131 e. The predicted molar refractivity (Wildman–Crippen MR) is 63.2 cm³/mol. The van der Waals surface area contributed by atoms with Crippen LogP contribution in [0.3, 0.4) is 0 Å². The summed E-state index contributed by atoms with van der Waals surface area (Å²) in [5.41, 5.74) is 2.98. The first kappa shape index (κ1) is 10.4. The molecule has 2 heterocycles. The van der Waals surface area contributed by atoms with Crippen LogP contribution in [0.4, 0.5) is 5.82 Å². The van der Waals surface area contributed by atoms with Gasteiger partial charge in [0.25, 0.3) is 0 Å². The number of aromatic nitrogens is 2. The Balaban J connectivity index is 2.89. The van der Waals surface area contributed by atoms with E-state index in [9.17, 15) is 5.26 Å². The van der Waals surface area contributed by atoms with E-state index >= 15 is 0 Å². The molecule has 0 unspecified atom stereocenters. The zero-order chi connectivity index (χ0) is 11.5. The third-order valence-corrected chi connectivity index (χ3v) is 2.55. The van der Waals surface area contributed by atoms with Gasteiger partial charge in [-0.05, 0) is 18.6 Å². The predicted octanol–water partition coefficient (Wildman–Crippen LogP) is 2.11. The van der Waals surface area contributed by atoms with Gasteiger partial charge in [0.2, 0.25) is 0 Å². The molecule has 0 atom stereocenters. The molecule has 1 N–H and O–H groups in total. The summed E-state index contributed by atoms with van der Waals surface area (Å²) in [7, 11) is 1.81. The second-order valence-electron chi connectivity index (χ2n) is 3.40. The number of nitriles is 1. The lowest BCUT2D eigenvalue weighted by Crippen LogP contribution is -2.02. The van der Waals surface area contributed by atoms with Crippen molar-refractivity contribution in [2.75, 3.05) is 12.4 Å². The first-order valence-electron chi connectivity index (χ1n) is 5.17. The molecule has 2 rings (SSSR count). The standard InChI is InChI=1S/C12H12N4/c1-3-8-9(7-13)11-10(5-4-6-15-11)16-12(8)14-2/h4-6H,3H2,1-2H3,(H,14,16). The summed E-state index contributed by atoms with van der Waals surface area (Å²) in [6.07, 6.45) is 2.45. The number of nitrogens with one attached hydrogen (secondary N) is 1. The monoisotopic (exact) mass is 212 g/mol. The zero-order valence-electron chi connectivity index (χ0n) is 9.28. The van der Waals surface area contributed by atoms with E-state index < -0.39 is 0 Å². The van der Waals surface area contributed by atoms with Crippen LogP contribution in [-0.2, 0) is 6.42 Å². The highest BCUT2D eigenvalue weighted by molar-refractivity contribution is 5.84.